The second kappa shape index (κ2) is 5.16. The molecule has 112 valence electrons. The number of hydrogen-bond donors (Lipinski definition) is 0. The van der Waals surface area contributed by atoms with E-state index in [1.54, 1.807) is 0 Å². The van der Waals surface area contributed by atoms with Crippen LogP contribution in [-0.2, 0) is 17.7 Å². The molecule has 4 rings (SSSR count). The maximum Gasteiger partial charge on any atom is 0.340 e. The molecule has 2 aromatic carbocycles. The summed E-state index contributed by atoms with van der Waals surface area (Å²) in [6, 6.07) is 12.6. The Labute approximate surface area is 129 Å². The highest BCUT2D eigenvalue weighted by atomic mass is 16.5. The zero-order chi connectivity index (χ0) is 15.1. The molecule has 3 heteroatoms. The molecule has 1 aliphatic rings. The summed E-state index contributed by atoms with van der Waals surface area (Å²) in [6.07, 6.45) is 3.26. The monoisotopic (exact) mass is 293 g/mol. The van der Waals surface area contributed by atoms with Crippen LogP contribution in [0, 0.1) is 0 Å². The second-order valence-electron chi connectivity index (χ2n) is 5.83. The molecule has 0 saturated heterocycles. The molecule has 3 nitrogen and oxygen atoms in total. The van der Waals surface area contributed by atoms with Crippen LogP contribution in [0.2, 0.25) is 0 Å². The Hall–Kier alpha value is -2.29. The number of rotatable bonds is 2. The van der Waals surface area contributed by atoms with Gasteiger partial charge in [-0.2, -0.15) is 0 Å². The number of carbonyl (C=O) groups excluding carboxylic acids is 1. The highest BCUT2D eigenvalue weighted by Gasteiger charge is 2.26. The molecule has 0 atom stereocenters. The van der Waals surface area contributed by atoms with Gasteiger partial charge in [-0.25, -0.2) is 4.79 Å². The van der Waals surface area contributed by atoms with Gasteiger partial charge < -0.3 is 9.30 Å². The van der Waals surface area contributed by atoms with Gasteiger partial charge in [0.2, 0.25) is 0 Å². The van der Waals surface area contributed by atoms with E-state index in [1.165, 1.54) is 22.7 Å². The van der Waals surface area contributed by atoms with Gasteiger partial charge in [0.15, 0.2) is 0 Å². The quantitative estimate of drug-likeness (QED) is 0.659. The molecule has 0 unspecified atom stereocenters. The van der Waals surface area contributed by atoms with Crippen molar-refractivity contribution in [1.29, 1.82) is 0 Å². The molecule has 0 spiro atoms. The van der Waals surface area contributed by atoms with Crippen molar-refractivity contribution in [2.75, 3.05) is 6.61 Å². The number of benzene rings is 2. The molecule has 3 aromatic rings. The van der Waals surface area contributed by atoms with Crippen LogP contribution in [-0.4, -0.2) is 17.1 Å². The molecule has 1 aromatic heterocycles. The third kappa shape index (κ3) is 1.85. The minimum Gasteiger partial charge on any atom is -0.462 e. The summed E-state index contributed by atoms with van der Waals surface area (Å²) >= 11 is 0. The van der Waals surface area contributed by atoms with Crippen LogP contribution in [0.1, 0.15) is 35.8 Å². The molecule has 0 saturated carbocycles. The molecule has 2 heterocycles. The van der Waals surface area contributed by atoms with E-state index in [4.69, 9.17) is 4.74 Å². The summed E-state index contributed by atoms with van der Waals surface area (Å²) in [5.74, 6) is -0.182. The maximum atomic E-state index is 12.5. The number of fused-ring (bicyclic) bond motifs is 5. The lowest BCUT2D eigenvalue weighted by Crippen LogP contribution is -2.14. The number of ether oxygens (including phenoxy) is 1. The van der Waals surface area contributed by atoms with E-state index in [0.717, 1.165) is 36.0 Å². The smallest absolute Gasteiger partial charge is 0.340 e. The Bertz CT molecular complexity index is 876. The first kappa shape index (κ1) is 13.4. The topological polar surface area (TPSA) is 31.2 Å². The lowest BCUT2D eigenvalue weighted by atomic mass is 10.0. The molecular weight excluding hydrogens is 274 g/mol. The maximum absolute atomic E-state index is 12.5. The lowest BCUT2D eigenvalue weighted by molar-refractivity contribution is 0.0526. The summed E-state index contributed by atoms with van der Waals surface area (Å²) in [4.78, 5) is 12.5. The van der Waals surface area contributed by atoms with Gasteiger partial charge in [-0.05, 0) is 31.6 Å². The van der Waals surface area contributed by atoms with Crippen LogP contribution < -0.4 is 0 Å². The van der Waals surface area contributed by atoms with E-state index in [2.05, 4.69) is 41.0 Å². The third-order valence-electron chi connectivity index (χ3n) is 4.58. The molecule has 1 aliphatic heterocycles. The van der Waals surface area contributed by atoms with Crippen LogP contribution >= 0.6 is 0 Å². The fourth-order valence-corrected chi connectivity index (χ4v) is 3.67. The predicted molar refractivity (Wildman–Crippen MR) is 88.3 cm³/mol. The Morgan fingerprint density at radius 2 is 2.00 bits per heavy atom. The minimum absolute atomic E-state index is 0.182. The van der Waals surface area contributed by atoms with Crippen LogP contribution in [0.15, 0.2) is 36.4 Å². The van der Waals surface area contributed by atoms with Crippen LogP contribution in [0.5, 0.6) is 0 Å². The molecule has 0 bridgehead atoms. The summed E-state index contributed by atoms with van der Waals surface area (Å²) in [7, 11) is 0. The SMILES string of the molecule is CCOC(=O)c1c2n(c3c1ccc1ccccc13)CCCC2. The Morgan fingerprint density at radius 3 is 2.86 bits per heavy atom. The van der Waals surface area contributed by atoms with Gasteiger partial charge in [-0.1, -0.05) is 36.4 Å². The fraction of sp³-hybridized carbons (Fsp3) is 0.316. The van der Waals surface area contributed by atoms with E-state index in [1.807, 2.05) is 6.92 Å². The molecule has 0 radical (unpaired) electrons. The van der Waals surface area contributed by atoms with E-state index in [9.17, 15) is 4.79 Å². The van der Waals surface area contributed by atoms with E-state index >= 15 is 0 Å². The zero-order valence-corrected chi connectivity index (χ0v) is 12.8. The first-order valence-corrected chi connectivity index (χ1v) is 8.01. The van der Waals surface area contributed by atoms with Crippen LogP contribution in [0.4, 0.5) is 0 Å². The molecular formula is C19H19NO2. The second-order valence-corrected chi connectivity index (χ2v) is 5.83. The first-order chi connectivity index (χ1) is 10.8. The van der Waals surface area contributed by atoms with Gasteiger partial charge in [0.05, 0.1) is 17.7 Å². The van der Waals surface area contributed by atoms with Crippen molar-refractivity contribution in [1.82, 2.24) is 4.57 Å². The van der Waals surface area contributed by atoms with Gasteiger partial charge >= 0.3 is 5.97 Å². The van der Waals surface area contributed by atoms with Crippen molar-refractivity contribution >= 4 is 27.6 Å². The molecule has 0 aliphatic carbocycles. The van der Waals surface area contributed by atoms with Gasteiger partial charge in [-0.3, -0.25) is 0 Å². The number of hydrogen-bond acceptors (Lipinski definition) is 2. The van der Waals surface area contributed by atoms with E-state index < -0.39 is 0 Å². The number of carbonyl (C=O) groups is 1. The number of esters is 1. The van der Waals surface area contributed by atoms with Crippen molar-refractivity contribution in [2.24, 2.45) is 0 Å². The van der Waals surface area contributed by atoms with Gasteiger partial charge in [-0.15, -0.1) is 0 Å². The van der Waals surface area contributed by atoms with Crippen molar-refractivity contribution in [3.63, 3.8) is 0 Å². The average molecular weight is 293 g/mol. The van der Waals surface area contributed by atoms with Gasteiger partial charge in [0.1, 0.15) is 0 Å². The van der Waals surface area contributed by atoms with E-state index in [0.29, 0.717) is 6.61 Å². The summed E-state index contributed by atoms with van der Waals surface area (Å²) in [6.45, 7) is 3.26. The highest BCUT2D eigenvalue weighted by molar-refractivity contribution is 6.14. The molecule has 22 heavy (non-hydrogen) atoms. The fourth-order valence-electron chi connectivity index (χ4n) is 3.67. The predicted octanol–water partition coefficient (Wildman–Crippen LogP) is 4.31. The van der Waals surface area contributed by atoms with Crippen molar-refractivity contribution in [3.8, 4) is 0 Å². The third-order valence-corrected chi connectivity index (χ3v) is 4.58. The summed E-state index contributed by atoms with van der Waals surface area (Å²) in [5, 5.41) is 3.48. The van der Waals surface area contributed by atoms with Crippen LogP contribution in [0.3, 0.4) is 0 Å². The average Bonchev–Trinajstić information content (AvgIpc) is 2.90. The molecule has 0 amide bonds. The molecule has 0 N–H and O–H groups in total. The first-order valence-electron chi connectivity index (χ1n) is 8.01. The van der Waals surface area contributed by atoms with Gasteiger partial charge in [0, 0.05) is 23.0 Å². The summed E-state index contributed by atoms with van der Waals surface area (Å²) in [5.41, 5.74) is 3.12. The Balaban J connectivity index is 2.11. The number of aromatic nitrogens is 1. The van der Waals surface area contributed by atoms with Crippen molar-refractivity contribution in [2.45, 2.75) is 32.7 Å². The molecule has 0 fully saturated rings. The van der Waals surface area contributed by atoms with Crippen molar-refractivity contribution in [3.05, 3.63) is 47.7 Å². The zero-order valence-electron chi connectivity index (χ0n) is 12.8. The van der Waals surface area contributed by atoms with E-state index in [-0.39, 0.29) is 5.97 Å². The minimum atomic E-state index is -0.182. The normalized spacial score (nSPS) is 14.2. The van der Waals surface area contributed by atoms with Crippen LogP contribution in [0.25, 0.3) is 21.7 Å². The van der Waals surface area contributed by atoms with Crippen molar-refractivity contribution < 1.29 is 9.53 Å². The Morgan fingerprint density at radius 1 is 1.14 bits per heavy atom. The number of aryl methyl sites for hydroxylation is 1. The van der Waals surface area contributed by atoms with Gasteiger partial charge in [0.25, 0.3) is 0 Å². The lowest BCUT2D eigenvalue weighted by Gasteiger charge is -2.17. The standard InChI is InChI=1S/C19H19NO2/c1-2-22-19(21)17-15-11-10-13-7-3-4-8-14(13)18(15)20-12-6-5-9-16(17)20/h3-4,7-8,10-11H,2,5-6,9,12H2,1H3. The summed E-state index contributed by atoms with van der Waals surface area (Å²) < 4.78 is 7.66. The largest absolute Gasteiger partial charge is 0.462 e. The Kier molecular flexibility index (Phi) is 3.14. The highest BCUT2D eigenvalue weighted by Crippen LogP contribution is 2.35. The number of nitrogens with zero attached hydrogens (tertiary/aromatic N) is 1.